The van der Waals surface area contributed by atoms with Gasteiger partial charge >= 0.3 is 0 Å². The lowest BCUT2D eigenvalue weighted by Crippen LogP contribution is -2.06. The van der Waals surface area contributed by atoms with Crippen molar-refractivity contribution in [2.24, 2.45) is 5.73 Å². The maximum absolute atomic E-state index is 5.70. The summed E-state index contributed by atoms with van der Waals surface area (Å²) in [6, 6.07) is 2.17. The zero-order valence-electron chi connectivity index (χ0n) is 9.73. The van der Waals surface area contributed by atoms with Crippen LogP contribution in [0.1, 0.15) is 22.5 Å². The Hall–Kier alpha value is -1.13. The van der Waals surface area contributed by atoms with Crippen LogP contribution >= 0.6 is 11.3 Å². The van der Waals surface area contributed by atoms with Gasteiger partial charge in [0.25, 0.3) is 0 Å². The zero-order chi connectivity index (χ0) is 11.5. The van der Waals surface area contributed by atoms with Crippen molar-refractivity contribution < 1.29 is 0 Å². The average molecular weight is 235 g/mol. The van der Waals surface area contributed by atoms with Crippen LogP contribution in [0.25, 0.3) is 0 Å². The third-order valence-corrected chi connectivity index (χ3v) is 3.66. The van der Waals surface area contributed by atoms with Crippen LogP contribution in [0.3, 0.4) is 0 Å². The van der Waals surface area contributed by atoms with Crippen molar-refractivity contribution in [3.63, 3.8) is 0 Å². The molecule has 0 saturated heterocycles. The van der Waals surface area contributed by atoms with E-state index in [2.05, 4.69) is 33.5 Å². The average Bonchev–Trinajstić information content (AvgIpc) is 2.85. The van der Waals surface area contributed by atoms with E-state index in [1.807, 2.05) is 6.92 Å². The van der Waals surface area contributed by atoms with Crippen LogP contribution in [-0.2, 0) is 19.5 Å². The van der Waals surface area contributed by atoms with Gasteiger partial charge in [-0.15, -0.1) is 0 Å². The van der Waals surface area contributed by atoms with Gasteiger partial charge in [-0.3, -0.25) is 4.68 Å². The molecule has 4 heteroatoms. The molecule has 0 aromatic carbocycles. The summed E-state index contributed by atoms with van der Waals surface area (Å²) in [5.41, 5.74) is 10.5. The van der Waals surface area contributed by atoms with Gasteiger partial charge in [0.1, 0.15) is 0 Å². The smallest absolute Gasteiger partial charge is 0.0641 e. The van der Waals surface area contributed by atoms with E-state index in [4.69, 9.17) is 5.73 Å². The Bertz CT molecular complexity index is 457. The van der Waals surface area contributed by atoms with Crippen molar-refractivity contribution in [1.82, 2.24) is 9.78 Å². The number of nitrogens with zero attached hydrogens (tertiary/aromatic N) is 2. The molecule has 2 aromatic rings. The van der Waals surface area contributed by atoms with Crippen molar-refractivity contribution in [1.29, 1.82) is 0 Å². The summed E-state index contributed by atoms with van der Waals surface area (Å²) in [6.07, 6.45) is 1.04. The second-order valence-electron chi connectivity index (χ2n) is 3.96. The second-order valence-corrected chi connectivity index (χ2v) is 4.74. The van der Waals surface area contributed by atoms with Crippen molar-refractivity contribution in [3.05, 3.63) is 39.3 Å². The minimum Gasteiger partial charge on any atom is -0.326 e. The Balaban J connectivity index is 2.10. The van der Waals surface area contributed by atoms with E-state index in [0.717, 1.165) is 18.7 Å². The first-order chi connectivity index (χ1) is 7.72. The SMILES string of the molecule is Cc1nn(CCc2ccsc2)c(C)c1CN. The molecule has 2 rings (SSSR count). The summed E-state index contributed by atoms with van der Waals surface area (Å²) >= 11 is 1.74. The van der Waals surface area contributed by atoms with Crippen LogP contribution in [0, 0.1) is 13.8 Å². The van der Waals surface area contributed by atoms with E-state index in [-0.39, 0.29) is 0 Å². The van der Waals surface area contributed by atoms with Gasteiger partial charge < -0.3 is 5.73 Å². The minimum absolute atomic E-state index is 0.579. The van der Waals surface area contributed by atoms with Gasteiger partial charge in [-0.2, -0.15) is 16.4 Å². The molecule has 0 unspecified atom stereocenters. The normalized spacial score (nSPS) is 10.9. The number of aromatic nitrogens is 2. The van der Waals surface area contributed by atoms with Crippen LogP contribution in [0.5, 0.6) is 0 Å². The van der Waals surface area contributed by atoms with E-state index < -0.39 is 0 Å². The Kier molecular flexibility index (Phi) is 3.41. The van der Waals surface area contributed by atoms with Crippen LogP contribution < -0.4 is 5.73 Å². The van der Waals surface area contributed by atoms with Gasteiger partial charge in [-0.1, -0.05) is 0 Å². The Labute approximate surface area is 99.9 Å². The molecule has 16 heavy (non-hydrogen) atoms. The summed E-state index contributed by atoms with van der Waals surface area (Å²) in [5.74, 6) is 0. The Morgan fingerprint density at radius 3 is 2.81 bits per heavy atom. The van der Waals surface area contributed by atoms with Crippen molar-refractivity contribution in [3.8, 4) is 0 Å². The van der Waals surface area contributed by atoms with Gasteiger partial charge in [0, 0.05) is 24.3 Å². The summed E-state index contributed by atoms with van der Waals surface area (Å²) in [5, 5.41) is 8.82. The highest BCUT2D eigenvalue weighted by atomic mass is 32.1. The molecule has 0 radical (unpaired) electrons. The largest absolute Gasteiger partial charge is 0.326 e. The molecule has 0 bridgehead atoms. The molecule has 86 valence electrons. The lowest BCUT2D eigenvalue weighted by Gasteiger charge is -2.03. The monoisotopic (exact) mass is 235 g/mol. The van der Waals surface area contributed by atoms with Crippen molar-refractivity contribution >= 4 is 11.3 Å². The molecule has 2 N–H and O–H groups in total. The fourth-order valence-corrected chi connectivity index (χ4v) is 2.62. The molecular weight excluding hydrogens is 218 g/mol. The van der Waals surface area contributed by atoms with Crippen LogP contribution in [-0.4, -0.2) is 9.78 Å². The van der Waals surface area contributed by atoms with E-state index in [1.54, 1.807) is 11.3 Å². The molecule has 2 heterocycles. The van der Waals surface area contributed by atoms with Gasteiger partial charge in [-0.05, 0) is 42.7 Å². The molecular formula is C12H17N3S. The number of aryl methyl sites for hydroxylation is 3. The predicted octanol–water partition coefficient (Wildman–Crippen LogP) is 2.26. The van der Waals surface area contributed by atoms with Crippen molar-refractivity contribution in [2.45, 2.75) is 33.4 Å². The van der Waals surface area contributed by atoms with Gasteiger partial charge in [0.05, 0.1) is 5.69 Å². The fourth-order valence-electron chi connectivity index (χ4n) is 1.92. The van der Waals surface area contributed by atoms with E-state index in [1.165, 1.54) is 16.8 Å². The summed E-state index contributed by atoms with van der Waals surface area (Å²) in [4.78, 5) is 0. The number of nitrogens with two attached hydrogens (primary N) is 1. The summed E-state index contributed by atoms with van der Waals surface area (Å²) in [6.45, 7) is 5.63. The van der Waals surface area contributed by atoms with E-state index in [0.29, 0.717) is 6.54 Å². The maximum Gasteiger partial charge on any atom is 0.0641 e. The van der Waals surface area contributed by atoms with Gasteiger partial charge in [0.15, 0.2) is 0 Å². The second kappa shape index (κ2) is 4.80. The fraction of sp³-hybridized carbons (Fsp3) is 0.417. The zero-order valence-corrected chi connectivity index (χ0v) is 10.5. The highest BCUT2D eigenvalue weighted by Gasteiger charge is 2.09. The quantitative estimate of drug-likeness (QED) is 0.883. The van der Waals surface area contributed by atoms with Crippen molar-refractivity contribution in [2.75, 3.05) is 0 Å². The third-order valence-electron chi connectivity index (χ3n) is 2.93. The number of rotatable bonds is 4. The van der Waals surface area contributed by atoms with Crippen LogP contribution in [0.15, 0.2) is 16.8 Å². The van der Waals surface area contributed by atoms with E-state index >= 15 is 0 Å². The molecule has 3 nitrogen and oxygen atoms in total. The standard InChI is InChI=1S/C12H17N3S/c1-9-12(7-13)10(2)15(14-9)5-3-11-4-6-16-8-11/h4,6,8H,3,5,7,13H2,1-2H3. The molecule has 0 aliphatic carbocycles. The molecule has 0 fully saturated rings. The van der Waals surface area contributed by atoms with Gasteiger partial charge in [0.2, 0.25) is 0 Å². The first kappa shape index (κ1) is 11.4. The number of thiophene rings is 1. The maximum atomic E-state index is 5.70. The van der Waals surface area contributed by atoms with Crippen LogP contribution in [0.2, 0.25) is 0 Å². The summed E-state index contributed by atoms with van der Waals surface area (Å²) in [7, 11) is 0. The number of hydrogen-bond donors (Lipinski definition) is 1. The summed E-state index contributed by atoms with van der Waals surface area (Å²) < 4.78 is 2.06. The lowest BCUT2D eigenvalue weighted by molar-refractivity contribution is 0.594. The topological polar surface area (TPSA) is 43.8 Å². The molecule has 0 amide bonds. The minimum atomic E-state index is 0.579. The van der Waals surface area contributed by atoms with E-state index in [9.17, 15) is 0 Å². The molecule has 0 spiro atoms. The molecule has 2 aromatic heterocycles. The Morgan fingerprint density at radius 2 is 2.25 bits per heavy atom. The lowest BCUT2D eigenvalue weighted by atomic mass is 10.2. The predicted molar refractivity (Wildman–Crippen MR) is 67.6 cm³/mol. The highest BCUT2D eigenvalue weighted by Crippen LogP contribution is 2.13. The molecule has 0 atom stereocenters. The number of hydrogen-bond acceptors (Lipinski definition) is 3. The molecule has 0 aliphatic rings. The Morgan fingerprint density at radius 1 is 1.44 bits per heavy atom. The molecule has 0 saturated carbocycles. The van der Waals surface area contributed by atoms with Gasteiger partial charge in [-0.25, -0.2) is 0 Å². The first-order valence-corrected chi connectivity index (χ1v) is 6.40. The first-order valence-electron chi connectivity index (χ1n) is 5.46. The molecule has 0 aliphatic heterocycles. The van der Waals surface area contributed by atoms with Crippen LogP contribution in [0.4, 0.5) is 0 Å². The highest BCUT2D eigenvalue weighted by molar-refractivity contribution is 7.07. The third kappa shape index (κ3) is 2.18.